The minimum absolute atomic E-state index is 0. The molecule has 0 unspecified atom stereocenters. The molecule has 0 saturated heterocycles. The molecule has 0 radical (unpaired) electrons. The van der Waals surface area contributed by atoms with Crippen LogP contribution in [0.25, 0.3) is 0 Å². The van der Waals surface area contributed by atoms with Crippen LogP contribution in [0, 0.1) is 0 Å². The summed E-state index contributed by atoms with van der Waals surface area (Å²) in [7, 11) is 0. The zero-order chi connectivity index (χ0) is 11.6. The summed E-state index contributed by atoms with van der Waals surface area (Å²) in [5, 5.41) is 21.1. The van der Waals surface area contributed by atoms with Crippen LogP contribution in [0.4, 0.5) is 0 Å². The molecule has 1 aromatic rings. The largest absolute Gasteiger partial charge is 1.00 e. The molecule has 0 aliphatic rings. The normalized spacial score (nSPS) is 8.53. The molecule has 1 rings (SSSR count). The van der Waals surface area contributed by atoms with E-state index in [2.05, 4.69) is 0 Å². The molecule has 17 heavy (non-hydrogen) atoms. The molecule has 7 heteroatoms. The maximum absolute atomic E-state index is 11.0. The van der Waals surface area contributed by atoms with Crippen molar-refractivity contribution in [3.05, 3.63) is 34.9 Å². The fraction of sp³-hybridized carbons (Fsp3) is 0.100. The SMILES string of the molecule is CC(=O)c1cc(C(=O)[O-])ccc1C(=O)[O-].[Li+].[Li+]. The number of hydrogen-bond donors (Lipinski definition) is 0. The van der Waals surface area contributed by atoms with Crippen molar-refractivity contribution in [2.75, 3.05) is 0 Å². The van der Waals surface area contributed by atoms with E-state index in [-0.39, 0.29) is 54.4 Å². The molecule has 0 bridgehead atoms. The van der Waals surface area contributed by atoms with Gasteiger partial charge in [-0.2, -0.15) is 0 Å². The third-order valence-electron chi connectivity index (χ3n) is 1.85. The average molecular weight is 220 g/mol. The van der Waals surface area contributed by atoms with Gasteiger partial charge in [-0.05, 0) is 18.6 Å². The number of hydrogen-bond acceptors (Lipinski definition) is 5. The Kier molecular flexibility index (Phi) is 7.97. The minimum atomic E-state index is -1.52. The van der Waals surface area contributed by atoms with Gasteiger partial charge in [0.2, 0.25) is 0 Å². The van der Waals surface area contributed by atoms with Gasteiger partial charge in [-0.1, -0.05) is 12.1 Å². The molecule has 0 atom stereocenters. The van der Waals surface area contributed by atoms with Crippen molar-refractivity contribution < 1.29 is 62.3 Å². The average Bonchev–Trinajstić information content (AvgIpc) is 2.16. The van der Waals surface area contributed by atoms with Crippen molar-refractivity contribution in [1.82, 2.24) is 0 Å². The van der Waals surface area contributed by atoms with E-state index >= 15 is 0 Å². The third kappa shape index (κ3) is 4.42. The summed E-state index contributed by atoms with van der Waals surface area (Å²) in [6, 6.07) is 3.02. The smallest absolute Gasteiger partial charge is 0.545 e. The summed E-state index contributed by atoms with van der Waals surface area (Å²) in [6.45, 7) is 1.14. The molecule has 0 aliphatic carbocycles. The van der Waals surface area contributed by atoms with E-state index in [1.54, 1.807) is 0 Å². The second-order valence-electron chi connectivity index (χ2n) is 2.89. The maximum Gasteiger partial charge on any atom is 1.00 e. The van der Waals surface area contributed by atoms with Crippen LogP contribution in [0.5, 0.6) is 0 Å². The number of Topliss-reactive ketones (excluding diaryl/α,β-unsaturated/α-hetero) is 1. The Labute approximate surface area is 122 Å². The van der Waals surface area contributed by atoms with E-state index in [9.17, 15) is 24.6 Å². The predicted molar refractivity (Wildman–Crippen MR) is 45.1 cm³/mol. The van der Waals surface area contributed by atoms with E-state index in [0.717, 1.165) is 25.1 Å². The molecular weight excluding hydrogens is 214 g/mol. The van der Waals surface area contributed by atoms with Gasteiger partial charge in [0, 0.05) is 11.1 Å². The van der Waals surface area contributed by atoms with Gasteiger partial charge in [0.15, 0.2) is 5.78 Å². The van der Waals surface area contributed by atoms with Crippen molar-refractivity contribution in [2.45, 2.75) is 6.92 Å². The Morgan fingerprint density at radius 2 is 1.47 bits per heavy atom. The van der Waals surface area contributed by atoms with Crippen LogP contribution in [-0.4, -0.2) is 17.7 Å². The summed E-state index contributed by atoms with van der Waals surface area (Å²) in [6.07, 6.45) is 0. The quantitative estimate of drug-likeness (QED) is 0.372. The van der Waals surface area contributed by atoms with Gasteiger partial charge >= 0.3 is 37.7 Å². The van der Waals surface area contributed by atoms with Crippen molar-refractivity contribution in [1.29, 1.82) is 0 Å². The van der Waals surface area contributed by atoms with E-state index in [4.69, 9.17) is 0 Å². The monoisotopic (exact) mass is 220 g/mol. The Hall–Kier alpha value is -0.975. The van der Waals surface area contributed by atoms with Gasteiger partial charge in [-0.3, -0.25) is 4.79 Å². The Morgan fingerprint density at radius 1 is 0.941 bits per heavy atom. The maximum atomic E-state index is 11.0. The number of carbonyl (C=O) groups is 3. The number of aromatic carboxylic acids is 2. The second-order valence-corrected chi connectivity index (χ2v) is 2.89. The van der Waals surface area contributed by atoms with Gasteiger partial charge in [-0.25, -0.2) is 0 Å². The number of carbonyl (C=O) groups excluding carboxylic acids is 3. The summed E-state index contributed by atoms with van der Waals surface area (Å²) in [5.74, 6) is -3.54. The van der Waals surface area contributed by atoms with Crippen LogP contribution < -0.4 is 47.9 Å². The van der Waals surface area contributed by atoms with Gasteiger partial charge in [0.1, 0.15) is 0 Å². The standard InChI is InChI=1S/C10H8O5.2Li/c1-5(11)8-4-6(9(12)13)2-3-7(8)10(14)15;;/h2-4H,1H3,(H,12,13)(H,14,15);;/q;2*+1/p-2. The van der Waals surface area contributed by atoms with E-state index in [1.807, 2.05) is 0 Å². The molecule has 78 valence electrons. The molecule has 0 aromatic heterocycles. The zero-order valence-electron chi connectivity index (χ0n) is 9.77. The number of rotatable bonds is 3. The molecule has 1 aromatic carbocycles. The first-order chi connectivity index (χ1) is 6.93. The summed E-state index contributed by atoms with van der Waals surface area (Å²) >= 11 is 0. The van der Waals surface area contributed by atoms with Gasteiger partial charge in [0.05, 0.1) is 11.9 Å². The third-order valence-corrected chi connectivity index (χ3v) is 1.85. The van der Waals surface area contributed by atoms with Crippen molar-refractivity contribution >= 4 is 17.7 Å². The predicted octanol–water partition coefficient (Wildman–Crippen LogP) is -7.38. The summed E-state index contributed by atoms with van der Waals surface area (Å²) in [5.41, 5.74) is -0.769. The first kappa shape index (κ1) is 18.4. The van der Waals surface area contributed by atoms with Crippen LogP contribution in [0.1, 0.15) is 38.0 Å². The molecule has 0 fully saturated rings. The zero-order valence-corrected chi connectivity index (χ0v) is 9.77. The number of benzene rings is 1. The van der Waals surface area contributed by atoms with Gasteiger partial charge in [-0.15, -0.1) is 0 Å². The number of carboxylic acids is 2. The Balaban J connectivity index is 0. The van der Waals surface area contributed by atoms with E-state index in [1.165, 1.54) is 0 Å². The minimum Gasteiger partial charge on any atom is -0.545 e. The van der Waals surface area contributed by atoms with Crippen LogP contribution >= 0.6 is 0 Å². The van der Waals surface area contributed by atoms with Gasteiger partial charge in [0.25, 0.3) is 0 Å². The fourth-order valence-corrected chi connectivity index (χ4v) is 1.14. The van der Waals surface area contributed by atoms with E-state index < -0.39 is 17.7 Å². The molecule has 0 saturated carbocycles. The number of ketones is 1. The van der Waals surface area contributed by atoms with Crippen molar-refractivity contribution in [3.63, 3.8) is 0 Å². The van der Waals surface area contributed by atoms with E-state index in [0.29, 0.717) is 0 Å². The first-order valence-electron chi connectivity index (χ1n) is 4.01. The topological polar surface area (TPSA) is 97.3 Å². The molecular formula is C10H6Li2O5. The van der Waals surface area contributed by atoms with Crippen LogP contribution in [0.3, 0.4) is 0 Å². The van der Waals surface area contributed by atoms with Crippen LogP contribution in [0.15, 0.2) is 18.2 Å². The molecule has 0 amide bonds. The molecule has 0 spiro atoms. The van der Waals surface area contributed by atoms with Crippen molar-refractivity contribution in [3.8, 4) is 0 Å². The Morgan fingerprint density at radius 3 is 1.82 bits per heavy atom. The molecule has 0 heterocycles. The fourth-order valence-electron chi connectivity index (χ4n) is 1.14. The Bertz CT molecular complexity index is 456. The summed E-state index contributed by atoms with van der Waals surface area (Å²) < 4.78 is 0. The second kappa shape index (κ2) is 7.37. The molecule has 0 aliphatic heterocycles. The molecule has 0 N–H and O–H groups in total. The molecule has 5 nitrogen and oxygen atoms in total. The van der Waals surface area contributed by atoms with Gasteiger partial charge < -0.3 is 19.8 Å². The van der Waals surface area contributed by atoms with Crippen LogP contribution in [0.2, 0.25) is 0 Å². The first-order valence-corrected chi connectivity index (χ1v) is 4.01. The summed E-state index contributed by atoms with van der Waals surface area (Å²) in [4.78, 5) is 32.1. The van der Waals surface area contributed by atoms with Crippen molar-refractivity contribution in [2.24, 2.45) is 0 Å². The van der Waals surface area contributed by atoms with Crippen LogP contribution in [-0.2, 0) is 0 Å². The number of carboxylic acid groups (broad SMARTS) is 2.